The molecule has 0 saturated heterocycles. The Kier molecular flexibility index (Phi) is 5.94. The van der Waals surface area contributed by atoms with Gasteiger partial charge in [0.2, 0.25) is 12.4 Å². The van der Waals surface area contributed by atoms with Gasteiger partial charge in [0.1, 0.15) is 13.7 Å². The van der Waals surface area contributed by atoms with Crippen molar-refractivity contribution >= 4 is 17.3 Å². The third-order valence-electron chi connectivity index (χ3n) is 3.69. The topological polar surface area (TPSA) is 98.0 Å². The Morgan fingerprint density at radius 2 is 2.00 bits per heavy atom. The van der Waals surface area contributed by atoms with Crippen LogP contribution in [0.1, 0.15) is 38.8 Å². The van der Waals surface area contributed by atoms with E-state index >= 15 is 0 Å². The lowest BCUT2D eigenvalue weighted by atomic mass is 9.98. The number of carbonyl (C=O) groups is 2. The summed E-state index contributed by atoms with van der Waals surface area (Å²) in [5.41, 5.74) is 8.60. The Bertz CT molecular complexity index is 831. The second kappa shape index (κ2) is 8.14. The summed E-state index contributed by atoms with van der Waals surface area (Å²) in [7, 11) is 1.56. The van der Waals surface area contributed by atoms with Crippen molar-refractivity contribution < 1.29 is 19.2 Å². The van der Waals surface area contributed by atoms with E-state index in [0.717, 1.165) is 5.56 Å². The lowest BCUT2D eigenvalue weighted by Crippen LogP contribution is -2.39. The molecule has 0 saturated carbocycles. The van der Waals surface area contributed by atoms with Gasteiger partial charge in [0.15, 0.2) is 11.6 Å². The number of azo groups is 1. The second-order valence-electron chi connectivity index (χ2n) is 5.59. The molecule has 0 bridgehead atoms. The summed E-state index contributed by atoms with van der Waals surface area (Å²) < 4.78 is 1.55. The summed E-state index contributed by atoms with van der Waals surface area (Å²) in [4.78, 5) is 29.0. The van der Waals surface area contributed by atoms with Gasteiger partial charge in [-0.25, -0.2) is 0 Å². The predicted molar refractivity (Wildman–Crippen MR) is 92.5 cm³/mol. The van der Waals surface area contributed by atoms with Gasteiger partial charge in [0.05, 0.1) is 6.54 Å². The third-order valence-corrected chi connectivity index (χ3v) is 3.69. The van der Waals surface area contributed by atoms with Crippen molar-refractivity contribution in [1.82, 2.24) is 0 Å². The van der Waals surface area contributed by atoms with Crippen LogP contribution in [0.4, 0.5) is 5.69 Å². The van der Waals surface area contributed by atoms with Gasteiger partial charge >= 0.3 is 0 Å². The first-order valence-electron chi connectivity index (χ1n) is 7.74. The maximum Gasteiger partial charge on any atom is 0.227 e. The van der Waals surface area contributed by atoms with Gasteiger partial charge in [-0.05, 0) is 37.6 Å². The van der Waals surface area contributed by atoms with Crippen LogP contribution in [0.2, 0.25) is 0 Å². The number of ketones is 2. The molecule has 1 aromatic heterocycles. The number of benzene rings is 1. The summed E-state index contributed by atoms with van der Waals surface area (Å²) in [6.45, 7) is 3.45. The molecular formula is C18H21N4O3+. The van der Waals surface area contributed by atoms with Crippen LogP contribution in [0.15, 0.2) is 46.9 Å². The highest BCUT2D eigenvalue weighted by molar-refractivity contribution is 6.05. The molecule has 1 heterocycles. The molecule has 0 atom stereocenters. The van der Waals surface area contributed by atoms with Gasteiger partial charge in [0.25, 0.3) is 0 Å². The number of aromatic nitrogens is 1. The highest BCUT2D eigenvalue weighted by Crippen LogP contribution is 2.20. The lowest BCUT2D eigenvalue weighted by Gasteiger charge is -2.08. The molecule has 0 fully saturated rings. The Morgan fingerprint density at radius 3 is 2.68 bits per heavy atom. The Labute approximate surface area is 146 Å². The number of rotatable bonds is 7. The van der Waals surface area contributed by atoms with Gasteiger partial charge in [0, 0.05) is 33.2 Å². The number of Topliss-reactive ketones (excluding diaryl/α,β-unsaturated/α-hetero) is 2. The van der Waals surface area contributed by atoms with Crippen LogP contribution in [0.3, 0.4) is 0 Å². The zero-order valence-electron chi connectivity index (χ0n) is 14.5. The highest BCUT2D eigenvalue weighted by Gasteiger charge is 2.14. The average molecular weight is 341 g/mol. The summed E-state index contributed by atoms with van der Waals surface area (Å²) >= 11 is 0. The van der Waals surface area contributed by atoms with Gasteiger partial charge in [-0.1, -0.05) is 0 Å². The average Bonchev–Trinajstić information content (AvgIpc) is 2.58. The van der Waals surface area contributed by atoms with E-state index in [2.05, 4.69) is 10.2 Å². The molecule has 130 valence electrons. The smallest absolute Gasteiger partial charge is 0.227 e. The zero-order chi connectivity index (χ0) is 18.4. The first kappa shape index (κ1) is 18.3. The molecule has 7 nitrogen and oxygen atoms in total. The lowest BCUT2D eigenvalue weighted by molar-refractivity contribution is -0.885. The maximum atomic E-state index is 12.3. The minimum absolute atomic E-state index is 0.0841. The van der Waals surface area contributed by atoms with Gasteiger partial charge in [-0.3, -0.25) is 14.4 Å². The van der Waals surface area contributed by atoms with Crippen LogP contribution in [-0.4, -0.2) is 25.2 Å². The molecule has 0 aliphatic heterocycles. The molecule has 2 aromatic rings. The van der Waals surface area contributed by atoms with Crippen LogP contribution in [0.5, 0.6) is 0 Å². The molecule has 1 aromatic carbocycles. The van der Waals surface area contributed by atoms with Gasteiger partial charge < -0.3 is 5.73 Å². The Hall–Kier alpha value is -3.09. The fraction of sp³-hybridized carbons (Fsp3) is 0.278. The van der Waals surface area contributed by atoms with Crippen LogP contribution >= 0.6 is 0 Å². The van der Waals surface area contributed by atoms with Crippen LogP contribution < -0.4 is 15.3 Å². The minimum Gasteiger partial charge on any atom is -0.398 e. The molecule has 0 aliphatic carbocycles. The molecule has 25 heavy (non-hydrogen) atoms. The Morgan fingerprint density at radius 1 is 1.24 bits per heavy atom. The molecule has 2 N–H and O–H groups in total. The number of hydrogen-bond donors (Lipinski definition) is 1. The normalized spacial score (nSPS) is 10.8. The summed E-state index contributed by atoms with van der Waals surface area (Å²) in [5.74, 6) is -0.382. The second-order valence-corrected chi connectivity index (χ2v) is 5.59. The summed E-state index contributed by atoms with van der Waals surface area (Å²) in [6.07, 6.45) is 3.55. The molecule has 0 aliphatic rings. The van der Waals surface area contributed by atoms with E-state index in [4.69, 9.17) is 10.6 Å². The van der Waals surface area contributed by atoms with Crippen LogP contribution in [-0.2, 0) is 6.54 Å². The predicted octanol–water partition coefficient (Wildman–Crippen LogP) is 1.96. The van der Waals surface area contributed by atoms with E-state index in [1.54, 1.807) is 37.2 Å². The number of hydrogen-bond acceptors (Lipinski definition) is 6. The monoisotopic (exact) mass is 341 g/mol. The molecular weight excluding hydrogens is 320 g/mol. The molecule has 2 rings (SSSR count). The van der Waals surface area contributed by atoms with E-state index in [9.17, 15) is 9.59 Å². The number of carbonyl (C=O) groups excluding carboxylic acids is 2. The fourth-order valence-electron chi connectivity index (χ4n) is 2.37. The number of pyridine rings is 1. The summed E-state index contributed by atoms with van der Waals surface area (Å²) in [5, 5.41) is 7.98. The summed E-state index contributed by atoms with van der Waals surface area (Å²) in [6, 6.07) is 6.89. The van der Waals surface area contributed by atoms with E-state index in [1.165, 1.54) is 13.0 Å². The van der Waals surface area contributed by atoms with Crippen LogP contribution in [0, 0.1) is 6.92 Å². The van der Waals surface area contributed by atoms with Crippen molar-refractivity contribution in [3.63, 3.8) is 0 Å². The van der Waals surface area contributed by atoms with E-state index in [1.807, 2.05) is 12.1 Å². The zero-order valence-corrected chi connectivity index (χ0v) is 14.5. The van der Waals surface area contributed by atoms with Crippen molar-refractivity contribution in [1.29, 1.82) is 0 Å². The number of nitrogens with zero attached hydrogens (tertiary/aromatic N) is 3. The largest absolute Gasteiger partial charge is 0.398 e. The molecule has 0 spiro atoms. The van der Waals surface area contributed by atoms with E-state index in [0.29, 0.717) is 28.9 Å². The van der Waals surface area contributed by atoms with E-state index in [-0.39, 0.29) is 18.1 Å². The molecule has 0 unspecified atom stereocenters. The third kappa shape index (κ3) is 4.69. The first-order valence-corrected chi connectivity index (χ1v) is 7.74. The quantitative estimate of drug-likeness (QED) is 0.360. The fourth-order valence-corrected chi connectivity index (χ4v) is 2.37. The molecule has 7 heteroatoms. The van der Waals surface area contributed by atoms with Crippen LogP contribution in [0.25, 0.3) is 0 Å². The number of nitrogens with two attached hydrogens (primary N) is 1. The van der Waals surface area contributed by atoms with Crippen molar-refractivity contribution in [2.45, 2.75) is 20.4 Å². The molecule has 0 radical (unpaired) electrons. The SMILES string of the molecule is CO[n+]1cccc(CN=NCC(=O)c2cc(C(C)=O)c(N)cc2C)c1. The van der Waals surface area contributed by atoms with Gasteiger partial charge in [-0.15, -0.1) is 0 Å². The standard InChI is InChI=1S/C18H20N4O3/c1-12-7-17(19)16(13(2)23)8-15(12)18(24)10-21-20-9-14-5-4-6-22(11-14)25-3/h4-8,11H,9-10H2,1-3H3,(H-,19,23,24)/p+1. The maximum absolute atomic E-state index is 12.3. The van der Waals surface area contributed by atoms with Gasteiger partial charge in [-0.2, -0.15) is 10.2 Å². The first-order chi connectivity index (χ1) is 11.9. The van der Waals surface area contributed by atoms with Crippen molar-refractivity contribution in [3.05, 3.63) is 58.9 Å². The number of anilines is 1. The molecule has 0 amide bonds. The number of nitrogen functional groups attached to an aromatic ring is 1. The number of aryl methyl sites for hydroxylation is 1. The minimum atomic E-state index is -0.205. The van der Waals surface area contributed by atoms with Crippen molar-refractivity contribution in [2.24, 2.45) is 10.2 Å². The Balaban J connectivity index is 2.04. The van der Waals surface area contributed by atoms with E-state index < -0.39 is 0 Å². The van der Waals surface area contributed by atoms with Crippen molar-refractivity contribution in [2.75, 3.05) is 19.4 Å². The highest BCUT2D eigenvalue weighted by atomic mass is 16.6. The van der Waals surface area contributed by atoms with Crippen molar-refractivity contribution in [3.8, 4) is 0 Å².